The molecular weight excluding hydrogens is 330 g/mol. The fourth-order valence-corrected chi connectivity index (χ4v) is 2.06. The van der Waals surface area contributed by atoms with E-state index in [1.54, 1.807) is 44.0 Å². The van der Waals surface area contributed by atoms with Crippen LogP contribution in [0.25, 0.3) is 6.08 Å². The molecule has 118 valence electrons. The van der Waals surface area contributed by atoms with Crippen molar-refractivity contribution in [3.05, 3.63) is 41.5 Å². The molecule has 0 spiro atoms. The Labute approximate surface area is 148 Å². The van der Waals surface area contributed by atoms with Crippen LogP contribution in [-0.4, -0.2) is 21.6 Å². The van der Waals surface area contributed by atoms with Crippen molar-refractivity contribution in [2.75, 3.05) is 0 Å². The lowest BCUT2D eigenvalue weighted by Gasteiger charge is -2.10. The Morgan fingerprint density at radius 2 is 2.00 bits per heavy atom. The normalized spacial score (nSPS) is 12.1. The van der Waals surface area contributed by atoms with Gasteiger partial charge in [-0.1, -0.05) is 31.9 Å². The van der Waals surface area contributed by atoms with Gasteiger partial charge in [0, 0.05) is 0 Å². The molecule has 1 aromatic rings. The molecule has 9 heteroatoms. The third-order valence-corrected chi connectivity index (χ3v) is 3.31. The molecule has 2 N–H and O–H groups in total. The summed E-state index contributed by atoms with van der Waals surface area (Å²) < 4.78 is 26.0. The highest BCUT2D eigenvalue weighted by Crippen LogP contribution is 2.33. The first-order chi connectivity index (χ1) is 11.8. The zero-order valence-corrected chi connectivity index (χ0v) is 14.3. The molecule has 0 heterocycles. The quantitative estimate of drug-likeness (QED) is 0.243. The zero-order chi connectivity index (χ0) is 18.8. The maximum atomic E-state index is 11.0. The maximum Gasteiger partial charge on any atom is 0.259 e. The van der Waals surface area contributed by atoms with Crippen LogP contribution in [-0.2, 0) is 4.79 Å². The molecule has 0 aliphatic heterocycles. The average molecular weight is 348 g/mol. The minimum atomic E-state index is -0.790. The van der Waals surface area contributed by atoms with Crippen molar-refractivity contribution in [3.8, 4) is 17.6 Å². The second-order valence-corrected chi connectivity index (χ2v) is 5.61. The highest BCUT2D eigenvalue weighted by Gasteiger charge is 2.07. The van der Waals surface area contributed by atoms with Crippen LogP contribution >= 0.6 is 23.8 Å². The molecule has 1 aromatic carbocycles. The van der Waals surface area contributed by atoms with E-state index in [0.29, 0.717) is 11.5 Å². The predicted octanol–water partition coefficient (Wildman–Crippen LogP) is 2.49. The molecule has 0 aromatic heterocycles. The van der Waals surface area contributed by atoms with Gasteiger partial charge >= 0.3 is 0 Å². The van der Waals surface area contributed by atoms with Gasteiger partial charge in [-0.25, -0.2) is 0 Å². The van der Waals surface area contributed by atoms with E-state index in [1.165, 1.54) is 12.2 Å². The van der Waals surface area contributed by atoms with E-state index in [9.17, 15) is 4.79 Å². The van der Waals surface area contributed by atoms with Gasteiger partial charge in [0.25, 0.3) is 5.91 Å². The summed E-state index contributed by atoms with van der Waals surface area (Å²) in [4.78, 5) is 11.0. The zero-order valence-electron chi connectivity index (χ0n) is 14.7. The molecule has 0 aliphatic rings. The lowest BCUT2D eigenvalue weighted by atomic mass is 10.1. The van der Waals surface area contributed by atoms with E-state index in [2.05, 4.69) is 0 Å². The maximum absolute atomic E-state index is 11.0. The molecule has 0 radical (unpaired) electrons. The van der Waals surface area contributed by atoms with Crippen molar-refractivity contribution >= 4 is 48.8 Å². The predicted molar refractivity (Wildman–Crippen MR) is 101 cm³/mol. The van der Waals surface area contributed by atoms with Gasteiger partial charge in [0.2, 0.25) is 13.0 Å². The van der Waals surface area contributed by atoms with E-state index in [1.807, 2.05) is 0 Å². The van der Waals surface area contributed by atoms with Crippen molar-refractivity contribution in [2.24, 2.45) is 5.73 Å². The van der Waals surface area contributed by atoms with Gasteiger partial charge in [-0.15, -0.1) is 0 Å². The van der Waals surface area contributed by atoms with Crippen molar-refractivity contribution in [1.82, 2.24) is 0 Å². The van der Waals surface area contributed by atoms with Crippen molar-refractivity contribution in [3.63, 3.8) is 0 Å². The first-order valence-corrected chi connectivity index (χ1v) is 8.18. The molecule has 0 atom stereocenters. The summed E-state index contributed by atoms with van der Waals surface area (Å²) in [5.74, 6) is 0.0703. The number of rotatable bonds is 9. The minimum Gasteiger partial charge on any atom is -0.434 e. The number of carbonyl (C=O) groups excluding carboxylic acids is 1. The number of carbonyl (C=O) groups is 1. The summed E-state index contributed by atoms with van der Waals surface area (Å²) in [6.45, 7) is 2.42. The third kappa shape index (κ3) is 6.80. The van der Waals surface area contributed by atoms with Gasteiger partial charge in [-0.2, -0.15) is 5.26 Å². The van der Waals surface area contributed by atoms with Crippen LogP contribution in [0, 0.1) is 11.3 Å². The smallest absolute Gasteiger partial charge is 0.259 e. The van der Waals surface area contributed by atoms with E-state index >= 15 is 0 Å². The lowest BCUT2D eigenvalue weighted by molar-refractivity contribution is -0.114. The number of allylic oxidation sites excluding steroid dienone is 2. The first kappa shape index (κ1) is 16.0. The monoisotopic (exact) mass is 348 g/mol. The highest BCUT2D eigenvalue weighted by atomic mass is 32.2. The molecule has 23 heavy (non-hydrogen) atoms. The van der Waals surface area contributed by atoms with Crippen LogP contribution in [0.3, 0.4) is 0 Å². The second kappa shape index (κ2) is 10.8. The number of hydrogen-bond donors (Lipinski definition) is 1. The number of nitrogens with two attached hydrogens (primary N) is 1. The highest BCUT2D eigenvalue weighted by molar-refractivity contribution is 8.19. The van der Waals surface area contributed by atoms with Crippen LogP contribution in [0.5, 0.6) is 11.5 Å². The topological polar surface area (TPSA) is 85.3 Å². The van der Waals surface area contributed by atoms with Crippen molar-refractivity contribution in [2.45, 2.75) is 13.6 Å². The second-order valence-electron chi connectivity index (χ2n) is 3.95. The fraction of sp³-hybridized carbons (Fsp3) is 0.143. The standard InChI is InChI=1S/C14H16B2N2O3S2/c1-15-22-20-12-7-6-10(8-13(12)21-23-16-2)4-3-5-11(9-17)14(18)19/h3-8,15-16H,1-2H3,(H2,18,19)/b4-3+,11-5+/i15D,16D. The summed E-state index contributed by atoms with van der Waals surface area (Å²) in [6, 6.07) is 6.85. The Kier molecular flexibility index (Phi) is 7.47. The number of amides is 1. The number of primary amides is 1. The molecule has 5 nitrogen and oxygen atoms in total. The first-order valence-electron chi connectivity index (χ1n) is 7.72. The molecular formula is C14H16B2N2O3S2. The van der Waals surface area contributed by atoms with E-state index in [0.717, 1.165) is 29.4 Å². The average Bonchev–Trinajstić information content (AvgIpc) is 2.55. The molecule has 0 fully saturated rings. The molecule has 0 unspecified atom stereocenters. The van der Waals surface area contributed by atoms with Crippen LogP contribution in [0.1, 0.15) is 5.56 Å². The van der Waals surface area contributed by atoms with Crippen LogP contribution < -0.4 is 14.1 Å². The van der Waals surface area contributed by atoms with Gasteiger partial charge in [0.05, 0.1) is 0 Å². The molecule has 1 amide bonds. The van der Waals surface area contributed by atoms with Crippen LogP contribution in [0.2, 0.25) is 13.6 Å². The minimum absolute atomic E-state index is 0.146. The summed E-state index contributed by atoms with van der Waals surface area (Å²) >= 11 is 1.95. The Morgan fingerprint density at radius 3 is 2.57 bits per heavy atom. The third-order valence-electron chi connectivity index (χ3n) is 2.37. The summed E-state index contributed by atoms with van der Waals surface area (Å²) in [6.07, 6.45) is 4.53. The van der Waals surface area contributed by atoms with E-state index in [4.69, 9.17) is 22.0 Å². The number of nitriles is 1. The van der Waals surface area contributed by atoms with Crippen molar-refractivity contribution in [1.29, 1.82) is 7.93 Å². The Morgan fingerprint density at radius 1 is 1.35 bits per heavy atom. The molecule has 0 saturated heterocycles. The van der Waals surface area contributed by atoms with Crippen molar-refractivity contribution < 1.29 is 13.2 Å². The summed E-state index contributed by atoms with van der Waals surface area (Å²) in [5, 5.41) is 8.77. The van der Waals surface area contributed by atoms with Gasteiger partial charge in [0.15, 0.2) is 11.5 Å². The summed E-state index contributed by atoms with van der Waals surface area (Å²) in [7, 11) is 0. The Hall–Kier alpha value is -1.91. The van der Waals surface area contributed by atoms with Gasteiger partial charge in [0.1, 0.15) is 11.6 Å². The molecule has 0 saturated carbocycles. The number of hydrogen-bond acceptors (Lipinski definition) is 6. The largest absolute Gasteiger partial charge is 0.434 e. The van der Waals surface area contributed by atoms with E-state index < -0.39 is 18.9 Å². The van der Waals surface area contributed by atoms with E-state index in [-0.39, 0.29) is 5.57 Å². The van der Waals surface area contributed by atoms with Crippen LogP contribution in [0.15, 0.2) is 35.9 Å². The molecule has 0 aliphatic carbocycles. The number of benzene rings is 1. The Balaban J connectivity index is 2.99. The van der Waals surface area contributed by atoms with Gasteiger partial charge in [-0.05, 0) is 50.2 Å². The van der Waals surface area contributed by atoms with Crippen LogP contribution in [0.4, 0.5) is 0 Å². The fourth-order valence-electron chi connectivity index (χ4n) is 1.39. The SMILES string of the molecule is [2H]B(C)SOc1ccc(/C=C/C=C(\C#N)C(N)=O)cc1OSB([2H])C. The number of nitrogens with zero attached hydrogens (tertiary/aromatic N) is 1. The summed E-state index contributed by atoms with van der Waals surface area (Å²) in [5.41, 5.74) is 5.65. The van der Waals surface area contributed by atoms with Gasteiger partial charge in [-0.3, -0.25) is 4.79 Å². The lowest BCUT2D eigenvalue weighted by Crippen LogP contribution is -2.12. The molecule has 1 rings (SSSR count). The van der Waals surface area contributed by atoms with Gasteiger partial charge < -0.3 is 14.1 Å². The Bertz CT molecular complexity index is 710. The molecule has 0 bridgehead atoms.